The first-order chi connectivity index (χ1) is 22.9. The van der Waals surface area contributed by atoms with Crippen LogP contribution in [-0.2, 0) is 21.4 Å². The van der Waals surface area contributed by atoms with Crippen LogP contribution in [0.25, 0.3) is 22.5 Å². The van der Waals surface area contributed by atoms with Crippen LogP contribution in [0.2, 0.25) is 0 Å². The maximum Gasteiger partial charge on any atom is 0.310 e. The molecule has 1 unspecified atom stereocenters. The molecule has 0 aliphatic carbocycles. The van der Waals surface area contributed by atoms with Crippen LogP contribution in [0.5, 0.6) is 5.75 Å². The first kappa shape index (κ1) is 34.8. The Labute approximate surface area is 286 Å². The summed E-state index contributed by atoms with van der Waals surface area (Å²) >= 11 is 1.41. The van der Waals surface area contributed by atoms with Gasteiger partial charge in [0.15, 0.2) is 5.82 Å². The van der Waals surface area contributed by atoms with Crippen molar-refractivity contribution in [3.63, 3.8) is 0 Å². The molecule has 1 aliphatic heterocycles. The summed E-state index contributed by atoms with van der Waals surface area (Å²) in [6.07, 6.45) is 6.03. The molecule has 0 spiro atoms. The Balaban J connectivity index is 1.24. The molecule has 1 fully saturated rings. The molecular formula is C38H44N4O5S. The number of ether oxygens (including phenoxy) is 1. The van der Waals surface area contributed by atoms with E-state index in [0.717, 1.165) is 45.7 Å². The van der Waals surface area contributed by atoms with Gasteiger partial charge in [-0.3, -0.25) is 14.4 Å². The molecule has 1 atom stereocenters. The SMILES string of the molecule is CC(C)CCCOc1ccc(-c2cnc(-c3ccc(CC(NC(=O)c4ccc(C(C)(C)C)s4)C(=O)N4CC(C(=O)O)C4)cc3)nc2)cc1. The van der Waals surface area contributed by atoms with Crippen molar-refractivity contribution in [1.82, 2.24) is 20.2 Å². The summed E-state index contributed by atoms with van der Waals surface area (Å²) in [6, 6.07) is 18.4. The lowest BCUT2D eigenvalue weighted by Gasteiger charge is -2.38. The number of carboxylic acids is 1. The molecule has 0 bridgehead atoms. The number of nitrogens with zero attached hydrogens (tertiary/aromatic N) is 3. The van der Waals surface area contributed by atoms with Crippen molar-refractivity contribution in [3.05, 3.63) is 88.4 Å². The first-order valence-corrected chi connectivity index (χ1v) is 17.3. The van der Waals surface area contributed by atoms with Crippen molar-refractivity contribution in [1.29, 1.82) is 0 Å². The number of aliphatic carboxylic acids is 1. The molecule has 252 valence electrons. The lowest BCUT2D eigenvalue weighted by molar-refractivity contribution is -0.153. The van der Waals surface area contributed by atoms with Gasteiger partial charge in [-0.25, -0.2) is 9.97 Å². The highest BCUT2D eigenvalue weighted by Gasteiger charge is 2.39. The van der Waals surface area contributed by atoms with Crippen LogP contribution in [0.3, 0.4) is 0 Å². The van der Waals surface area contributed by atoms with E-state index in [1.165, 1.54) is 16.2 Å². The van der Waals surface area contributed by atoms with Gasteiger partial charge in [-0.15, -0.1) is 11.3 Å². The van der Waals surface area contributed by atoms with Crippen LogP contribution in [0.15, 0.2) is 73.1 Å². The molecule has 0 saturated carbocycles. The van der Waals surface area contributed by atoms with Crippen LogP contribution in [0.1, 0.15) is 67.6 Å². The van der Waals surface area contributed by atoms with Gasteiger partial charge in [0.25, 0.3) is 5.91 Å². The van der Waals surface area contributed by atoms with Gasteiger partial charge in [0.1, 0.15) is 11.8 Å². The highest BCUT2D eigenvalue weighted by molar-refractivity contribution is 7.14. The fraction of sp³-hybridized carbons (Fsp3) is 0.395. The van der Waals surface area contributed by atoms with E-state index in [4.69, 9.17) is 4.74 Å². The summed E-state index contributed by atoms with van der Waals surface area (Å²) in [5, 5.41) is 12.2. The molecule has 9 nitrogen and oxygen atoms in total. The number of carboxylic acid groups (broad SMARTS) is 1. The summed E-state index contributed by atoms with van der Waals surface area (Å²) in [5.74, 6) is -0.0248. The number of thiophene rings is 1. The van der Waals surface area contributed by atoms with Gasteiger partial charge in [0.2, 0.25) is 5.91 Å². The standard InChI is InChI=1S/C38H44N4O5S/c1-24(2)7-6-18-47-30-14-12-26(13-15-30)28-20-39-34(40-21-28)27-10-8-25(9-11-27)19-31(36(44)42-22-29(23-42)37(45)46)41-35(43)32-16-17-33(48-32)38(3,4)5/h8-17,20-21,24,29,31H,6-7,18-19,22-23H2,1-5H3,(H,41,43)(H,45,46). The zero-order valence-corrected chi connectivity index (χ0v) is 29.0. The van der Waals surface area contributed by atoms with Crippen LogP contribution in [0.4, 0.5) is 0 Å². The summed E-state index contributed by atoms with van der Waals surface area (Å²) in [7, 11) is 0. The fourth-order valence-corrected chi connectivity index (χ4v) is 6.37. The van der Waals surface area contributed by atoms with E-state index in [1.54, 1.807) is 18.5 Å². The zero-order chi connectivity index (χ0) is 34.4. The number of amides is 2. The van der Waals surface area contributed by atoms with E-state index in [2.05, 4.69) is 49.9 Å². The van der Waals surface area contributed by atoms with Crippen molar-refractivity contribution in [3.8, 4) is 28.3 Å². The highest BCUT2D eigenvalue weighted by Crippen LogP contribution is 2.30. The Kier molecular flexibility index (Phi) is 10.9. The second-order valence-corrected chi connectivity index (χ2v) is 14.9. The Hall–Kier alpha value is -4.57. The van der Waals surface area contributed by atoms with Gasteiger partial charge in [-0.05, 0) is 59.6 Å². The number of likely N-dealkylation sites (tertiary alicyclic amines) is 1. The minimum absolute atomic E-state index is 0.0961. The zero-order valence-electron chi connectivity index (χ0n) is 28.2. The van der Waals surface area contributed by atoms with Crippen LogP contribution >= 0.6 is 11.3 Å². The highest BCUT2D eigenvalue weighted by atomic mass is 32.1. The maximum atomic E-state index is 13.5. The number of benzene rings is 2. The average molecular weight is 669 g/mol. The molecule has 48 heavy (non-hydrogen) atoms. The molecule has 1 saturated heterocycles. The van der Waals surface area contributed by atoms with E-state index in [0.29, 0.717) is 23.2 Å². The lowest BCUT2D eigenvalue weighted by atomic mass is 9.95. The van der Waals surface area contributed by atoms with Crippen molar-refractivity contribution < 1.29 is 24.2 Å². The number of nitrogens with one attached hydrogen (secondary N) is 1. The Bertz CT molecular complexity index is 1700. The van der Waals surface area contributed by atoms with E-state index in [-0.39, 0.29) is 36.7 Å². The van der Waals surface area contributed by atoms with Crippen molar-refractivity contribution in [2.75, 3.05) is 19.7 Å². The molecule has 1 aliphatic rings. The minimum Gasteiger partial charge on any atom is -0.494 e. The third-order valence-electron chi connectivity index (χ3n) is 8.40. The average Bonchev–Trinajstić information content (AvgIpc) is 3.54. The molecule has 10 heteroatoms. The minimum atomic E-state index is -0.922. The lowest BCUT2D eigenvalue weighted by Crippen LogP contribution is -2.59. The number of carbonyl (C=O) groups excluding carboxylic acids is 2. The van der Waals surface area contributed by atoms with E-state index in [1.807, 2.05) is 54.6 Å². The Morgan fingerprint density at radius 1 is 0.938 bits per heavy atom. The summed E-state index contributed by atoms with van der Waals surface area (Å²) in [5.41, 5.74) is 3.47. The van der Waals surface area contributed by atoms with Gasteiger partial charge in [-0.2, -0.15) is 0 Å². The number of rotatable bonds is 13. The fourth-order valence-electron chi connectivity index (χ4n) is 5.40. The molecule has 2 amide bonds. The quantitative estimate of drug-likeness (QED) is 0.149. The van der Waals surface area contributed by atoms with Gasteiger partial charge in [0.05, 0.1) is 17.4 Å². The predicted octanol–water partition coefficient (Wildman–Crippen LogP) is 6.87. The topological polar surface area (TPSA) is 122 Å². The van der Waals surface area contributed by atoms with Crippen LogP contribution in [-0.4, -0.2) is 63.5 Å². The molecular weight excluding hydrogens is 625 g/mol. The Morgan fingerprint density at radius 2 is 1.58 bits per heavy atom. The van der Waals surface area contributed by atoms with E-state index in [9.17, 15) is 19.5 Å². The predicted molar refractivity (Wildman–Crippen MR) is 188 cm³/mol. The molecule has 4 aromatic rings. The van der Waals surface area contributed by atoms with E-state index >= 15 is 0 Å². The molecule has 5 rings (SSSR count). The summed E-state index contributed by atoms with van der Waals surface area (Å²) in [4.78, 5) is 50.4. The molecule has 2 aromatic heterocycles. The third-order valence-corrected chi connectivity index (χ3v) is 9.91. The largest absolute Gasteiger partial charge is 0.494 e. The second-order valence-electron chi connectivity index (χ2n) is 13.8. The van der Waals surface area contributed by atoms with E-state index < -0.39 is 17.9 Å². The summed E-state index contributed by atoms with van der Waals surface area (Å²) < 4.78 is 5.86. The smallest absolute Gasteiger partial charge is 0.310 e. The number of hydrogen-bond donors (Lipinski definition) is 2. The number of carbonyl (C=O) groups is 3. The van der Waals surface area contributed by atoms with Crippen molar-refractivity contribution in [2.24, 2.45) is 11.8 Å². The van der Waals surface area contributed by atoms with Crippen LogP contribution < -0.4 is 10.1 Å². The molecule has 2 aromatic carbocycles. The monoisotopic (exact) mass is 668 g/mol. The summed E-state index contributed by atoms with van der Waals surface area (Å²) in [6.45, 7) is 11.7. The van der Waals surface area contributed by atoms with Gasteiger partial charge in [0, 0.05) is 47.9 Å². The Morgan fingerprint density at radius 3 is 2.17 bits per heavy atom. The molecule has 2 N–H and O–H groups in total. The number of aromatic nitrogens is 2. The molecule has 0 radical (unpaired) electrons. The normalized spacial score (nSPS) is 14.0. The second kappa shape index (κ2) is 15.1. The number of hydrogen-bond acceptors (Lipinski definition) is 7. The van der Waals surface area contributed by atoms with Gasteiger partial charge < -0.3 is 20.1 Å². The molecule has 3 heterocycles. The maximum absolute atomic E-state index is 13.5. The van der Waals surface area contributed by atoms with Crippen LogP contribution in [0, 0.1) is 11.8 Å². The van der Waals surface area contributed by atoms with Crippen molar-refractivity contribution >= 4 is 29.1 Å². The van der Waals surface area contributed by atoms with Crippen molar-refractivity contribution in [2.45, 2.75) is 65.3 Å². The van der Waals surface area contributed by atoms with Gasteiger partial charge >= 0.3 is 5.97 Å². The third kappa shape index (κ3) is 8.86. The first-order valence-electron chi connectivity index (χ1n) is 16.4. The van der Waals surface area contributed by atoms with Gasteiger partial charge in [-0.1, -0.05) is 71.0 Å².